The van der Waals surface area contributed by atoms with Gasteiger partial charge in [-0.2, -0.15) is 0 Å². The zero-order valence-electron chi connectivity index (χ0n) is 18.3. The number of para-hydroxylation sites is 1. The number of fused-ring (bicyclic) bond motifs is 6. The molecule has 0 fully saturated rings. The highest BCUT2D eigenvalue weighted by Crippen LogP contribution is 2.47. The van der Waals surface area contributed by atoms with Crippen molar-refractivity contribution in [1.29, 1.82) is 0 Å². The summed E-state index contributed by atoms with van der Waals surface area (Å²) >= 11 is 7.55. The van der Waals surface area contributed by atoms with Crippen LogP contribution >= 0.6 is 22.9 Å². The molecule has 6 rings (SSSR count). The Bertz CT molecular complexity index is 1650. The van der Waals surface area contributed by atoms with Crippen molar-refractivity contribution in [3.63, 3.8) is 0 Å². The summed E-state index contributed by atoms with van der Waals surface area (Å²) in [7, 11) is 0. The minimum Gasteiger partial charge on any atom is -0.465 e. The number of aromatic nitrogens is 1. The van der Waals surface area contributed by atoms with Crippen LogP contribution in [0.1, 0.15) is 31.2 Å². The fraction of sp³-hybridized carbons (Fsp3) is 0.192. The lowest BCUT2D eigenvalue weighted by molar-refractivity contribution is -0.132. The van der Waals surface area contributed by atoms with E-state index in [0.717, 1.165) is 11.1 Å². The average molecular weight is 491 g/mol. The van der Waals surface area contributed by atoms with E-state index in [2.05, 4.69) is 0 Å². The number of hydrogen-bond donors (Lipinski definition) is 0. The summed E-state index contributed by atoms with van der Waals surface area (Å²) in [5.74, 6) is 1.10. The fourth-order valence-corrected chi connectivity index (χ4v) is 6.23. The van der Waals surface area contributed by atoms with Gasteiger partial charge in [0.05, 0.1) is 15.6 Å². The van der Waals surface area contributed by atoms with E-state index in [1.165, 1.54) is 18.3 Å². The smallest absolute Gasteiger partial charge is 0.271 e. The number of thiazole rings is 1. The van der Waals surface area contributed by atoms with Crippen LogP contribution in [0.3, 0.4) is 0 Å². The predicted molar refractivity (Wildman–Crippen MR) is 130 cm³/mol. The van der Waals surface area contributed by atoms with Gasteiger partial charge in [-0.15, -0.1) is 0 Å². The zero-order valence-corrected chi connectivity index (χ0v) is 19.9. The summed E-state index contributed by atoms with van der Waals surface area (Å²) < 4.78 is 14.3. The number of hydrogen-bond acceptors (Lipinski definition) is 6. The lowest BCUT2D eigenvalue weighted by Gasteiger charge is -2.45. The van der Waals surface area contributed by atoms with Crippen molar-refractivity contribution in [3.8, 4) is 17.1 Å². The third-order valence-electron chi connectivity index (χ3n) is 6.36. The third kappa shape index (κ3) is 3.11. The predicted octanol–water partition coefficient (Wildman–Crippen LogP) is 4.19. The Hall–Kier alpha value is -3.42. The van der Waals surface area contributed by atoms with Crippen molar-refractivity contribution >= 4 is 34.8 Å². The molecule has 0 aliphatic carbocycles. The van der Waals surface area contributed by atoms with Crippen LogP contribution in [-0.4, -0.2) is 16.1 Å². The number of ether oxygens (including phenoxy) is 1. The maximum absolute atomic E-state index is 13.6. The maximum Gasteiger partial charge on any atom is 0.271 e. The molecule has 2 aromatic heterocycles. The first-order chi connectivity index (χ1) is 16.4. The molecule has 0 N–H and O–H groups in total. The van der Waals surface area contributed by atoms with Crippen LogP contribution in [0.2, 0.25) is 5.02 Å². The summed E-state index contributed by atoms with van der Waals surface area (Å²) in [6, 6.07) is 18.1. The minimum atomic E-state index is -1.08. The highest BCUT2D eigenvalue weighted by atomic mass is 35.5. The van der Waals surface area contributed by atoms with Crippen LogP contribution in [0.15, 0.2) is 74.9 Å². The summed E-state index contributed by atoms with van der Waals surface area (Å²) in [6.45, 7) is 3.33. The van der Waals surface area contributed by atoms with Gasteiger partial charge < -0.3 is 9.15 Å². The molecular formula is C26H19ClN2O4S. The Morgan fingerprint density at radius 2 is 1.91 bits per heavy atom. The van der Waals surface area contributed by atoms with Gasteiger partial charge in [0, 0.05) is 17.2 Å². The van der Waals surface area contributed by atoms with E-state index < -0.39 is 17.7 Å². The number of rotatable bonds is 3. The number of Topliss-reactive ketones (excluding diaryl/α,β-unsaturated/α-hetero) is 1. The summed E-state index contributed by atoms with van der Waals surface area (Å²) in [5, 5.41) is 0.586. The monoisotopic (exact) mass is 490 g/mol. The SMILES string of the molecule is CC(=O)[C@H]1[C@H]2c3ccccc3O[C@@]1(C)N=c1sc(=Cc3ccc(-c4ccccc4Cl)o3)c(=O)n12. The van der Waals surface area contributed by atoms with Crippen molar-refractivity contribution in [1.82, 2.24) is 4.57 Å². The largest absolute Gasteiger partial charge is 0.465 e. The van der Waals surface area contributed by atoms with E-state index in [4.69, 9.17) is 25.7 Å². The number of ketones is 1. The van der Waals surface area contributed by atoms with E-state index in [1.54, 1.807) is 22.8 Å². The highest BCUT2D eigenvalue weighted by Gasteiger charge is 2.53. The standard InChI is InChI=1S/C26H19ClN2O4S/c1-14(30)22-23-17-8-4-6-10-20(17)33-26(22,2)28-25-29(23)24(31)21(34-25)13-15-11-12-19(32-15)16-7-3-5-9-18(16)27/h3-13,22-23H,1-2H3/t22-,23+,26+/m0/s1. The van der Waals surface area contributed by atoms with Crippen LogP contribution in [0.25, 0.3) is 17.4 Å². The molecule has 2 bridgehead atoms. The van der Waals surface area contributed by atoms with Crippen LogP contribution < -0.4 is 19.6 Å². The van der Waals surface area contributed by atoms with Crippen LogP contribution in [0, 0.1) is 5.92 Å². The van der Waals surface area contributed by atoms with Crippen molar-refractivity contribution < 1.29 is 13.9 Å². The first kappa shape index (κ1) is 21.1. The highest BCUT2D eigenvalue weighted by molar-refractivity contribution is 7.07. The van der Waals surface area contributed by atoms with Crippen LogP contribution in [-0.2, 0) is 4.79 Å². The Kier molecular flexibility index (Phi) is 4.69. The van der Waals surface area contributed by atoms with E-state index >= 15 is 0 Å². The van der Waals surface area contributed by atoms with Gasteiger partial charge in [0.15, 0.2) is 4.80 Å². The van der Waals surface area contributed by atoms with Gasteiger partial charge >= 0.3 is 0 Å². The Morgan fingerprint density at radius 3 is 2.71 bits per heavy atom. The molecule has 2 aliphatic heterocycles. The molecular weight excluding hydrogens is 472 g/mol. The quantitative estimate of drug-likeness (QED) is 0.431. The minimum absolute atomic E-state index is 0.0737. The molecule has 2 aliphatic rings. The lowest BCUT2D eigenvalue weighted by atomic mass is 9.79. The molecule has 8 heteroatoms. The summed E-state index contributed by atoms with van der Waals surface area (Å²) in [5.41, 5.74) is 0.290. The van der Waals surface area contributed by atoms with Crippen molar-refractivity contribution in [2.24, 2.45) is 10.9 Å². The van der Waals surface area contributed by atoms with Crippen molar-refractivity contribution in [2.45, 2.75) is 25.6 Å². The van der Waals surface area contributed by atoms with Gasteiger partial charge in [0.1, 0.15) is 29.0 Å². The Labute approximate surface area is 203 Å². The summed E-state index contributed by atoms with van der Waals surface area (Å²) in [6.07, 6.45) is 1.70. The van der Waals surface area contributed by atoms with Gasteiger partial charge in [-0.05, 0) is 44.2 Å². The van der Waals surface area contributed by atoms with Gasteiger partial charge in [-0.3, -0.25) is 14.2 Å². The molecule has 170 valence electrons. The zero-order chi connectivity index (χ0) is 23.6. The van der Waals surface area contributed by atoms with Gasteiger partial charge in [0.25, 0.3) is 5.56 Å². The molecule has 6 nitrogen and oxygen atoms in total. The number of furan rings is 1. The second-order valence-electron chi connectivity index (χ2n) is 8.59. The third-order valence-corrected chi connectivity index (χ3v) is 7.67. The number of benzene rings is 2. The molecule has 0 unspecified atom stereocenters. The van der Waals surface area contributed by atoms with E-state index in [9.17, 15) is 9.59 Å². The van der Waals surface area contributed by atoms with E-state index in [1.807, 2.05) is 55.5 Å². The number of nitrogens with zero attached hydrogens (tertiary/aromatic N) is 2. The van der Waals surface area contributed by atoms with E-state index in [0.29, 0.717) is 31.6 Å². The number of halogens is 1. The molecule has 0 saturated heterocycles. The molecule has 3 atom stereocenters. The Balaban J connectivity index is 1.53. The summed E-state index contributed by atoms with van der Waals surface area (Å²) in [4.78, 5) is 31.6. The molecule has 4 aromatic rings. The molecule has 0 spiro atoms. The molecule has 4 heterocycles. The van der Waals surface area contributed by atoms with Gasteiger partial charge in [-0.25, -0.2) is 4.99 Å². The molecule has 0 radical (unpaired) electrons. The molecule has 0 saturated carbocycles. The lowest BCUT2D eigenvalue weighted by Crippen LogP contribution is -2.58. The van der Waals surface area contributed by atoms with E-state index in [-0.39, 0.29) is 11.3 Å². The topological polar surface area (TPSA) is 73.8 Å². The first-order valence-electron chi connectivity index (χ1n) is 10.8. The second-order valence-corrected chi connectivity index (χ2v) is 10.0. The molecule has 2 aromatic carbocycles. The fourth-order valence-electron chi connectivity index (χ4n) is 4.92. The second kappa shape index (κ2) is 7.55. The first-order valence-corrected chi connectivity index (χ1v) is 12.0. The van der Waals surface area contributed by atoms with Crippen LogP contribution in [0.5, 0.6) is 5.75 Å². The van der Waals surface area contributed by atoms with Gasteiger partial charge in [-0.1, -0.05) is 53.3 Å². The van der Waals surface area contributed by atoms with Crippen LogP contribution in [0.4, 0.5) is 0 Å². The molecule has 0 amide bonds. The van der Waals surface area contributed by atoms with Gasteiger partial charge in [0.2, 0.25) is 5.72 Å². The number of carbonyl (C=O) groups excluding carboxylic acids is 1. The maximum atomic E-state index is 13.6. The normalized spacial score (nSPS) is 23.0. The van der Waals surface area contributed by atoms with Crippen molar-refractivity contribution in [3.05, 3.63) is 96.7 Å². The average Bonchev–Trinajstić information content (AvgIpc) is 3.37. The molecule has 34 heavy (non-hydrogen) atoms. The number of carbonyl (C=O) groups is 1. The van der Waals surface area contributed by atoms with Crippen molar-refractivity contribution in [2.75, 3.05) is 0 Å². The Morgan fingerprint density at radius 1 is 1.15 bits per heavy atom.